The van der Waals surface area contributed by atoms with Crippen molar-refractivity contribution in [2.24, 2.45) is 5.92 Å². The maximum atomic E-state index is 9.83. The van der Waals surface area contributed by atoms with Crippen LogP contribution in [0.3, 0.4) is 0 Å². The second kappa shape index (κ2) is 7.01. The summed E-state index contributed by atoms with van der Waals surface area (Å²) in [7, 11) is 0. The molecule has 0 fully saturated rings. The molecule has 1 aromatic rings. The Labute approximate surface area is 127 Å². The van der Waals surface area contributed by atoms with Crippen molar-refractivity contribution in [3.8, 4) is 0 Å². The Balaban J connectivity index is 2.60. The summed E-state index contributed by atoms with van der Waals surface area (Å²) in [5.74, 6) is 0.324. The molecule has 0 aliphatic rings. The smallest absolute Gasteiger partial charge is 0.0985 e. The van der Waals surface area contributed by atoms with Crippen molar-refractivity contribution in [2.75, 3.05) is 6.54 Å². The van der Waals surface area contributed by atoms with Crippen LogP contribution in [0.5, 0.6) is 0 Å². The molecule has 2 atom stereocenters. The highest BCUT2D eigenvalue weighted by Gasteiger charge is 2.22. The lowest BCUT2D eigenvalue weighted by Crippen LogP contribution is -2.25. The van der Waals surface area contributed by atoms with Crippen LogP contribution in [0.15, 0.2) is 0 Å². The molecule has 116 valence electrons. The van der Waals surface area contributed by atoms with Crippen molar-refractivity contribution in [1.29, 1.82) is 0 Å². The highest BCUT2D eigenvalue weighted by molar-refractivity contribution is 7.12. The van der Waals surface area contributed by atoms with E-state index < -0.39 is 0 Å². The fourth-order valence-corrected chi connectivity index (χ4v) is 3.16. The first-order valence-corrected chi connectivity index (χ1v) is 8.33. The predicted molar refractivity (Wildman–Crippen MR) is 87.4 cm³/mol. The molecule has 3 nitrogen and oxygen atoms in total. The van der Waals surface area contributed by atoms with Gasteiger partial charge in [-0.3, -0.25) is 0 Å². The zero-order valence-electron chi connectivity index (χ0n) is 13.9. The summed E-state index contributed by atoms with van der Waals surface area (Å²) in [5, 5.41) is 14.5. The average Bonchev–Trinajstić information content (AvgIpc) is 2.70. The Kier molecular flexibility index (Phi) is 6.17. The zero-order chi connectivity index (χ0) is 15.5. The third-order valence-electron chi connectivity index (χ3n) is 3.53. The van der Waals surface area contributed by atoms with E-state index in [2.05, 4.69) is 53.8 Å². The van der Waals surface area contributed by atoms with Crippen LogP contribution in [0, 0.1) is 12.8 Å². The summed E-state index contributed by atoms with van der Waals surface area (Å²) < 4.78 is 0. The minimum absolute atomic E-state index is 0.112. The third kappa shape index (κ3) is 4.83. The number of hydrogen-bond acceptors (Lipinski definition) is 4. The molecule has 0 bridgehead atoms. The van der Waals surface area contributed by atoms with Crippen LogP contribution in [0.1, 0.15) is 69.6 Å². The molecule has 1 aromatic heterocycles. The molecule has 1 heterocycles. The van der Waals surface area contributed by atoms with Crippen molar-refractivity contribution < 1.29 is 5.11 Å². The minimum Gasteiger partial charge on any atom is -0.393 e. The lowest BCUT2D eigenvalue weighted by atomic mass is 9.98. The molecule has 20 heavy (non-hydrogen) atoms. The van der Waals surface area contributed by atoms with Crippen LogP contribution < -0.4 is 5.32 Å². The summed E-state index contributed by atoms with van der Waals surface area (Å²) in [6.07, 6.45) is 0.578. The molecule has 0 radical (unpaired) electrons. The standard InChI is InChI=1S/C16H30N2OS/c1-10(2)13(19)8-9-17-11(3)14-12(4)18-15(20-14)16(5,6)7/h10-11,13,17,19H,8-9H2,1-7H3. The van der Waals surface area contributed by atoms with Gasteiger partial charge in [-0.15, -0.1) is 11.3 Å². The highest BCUT2D eigenvalue weighted by Crippen LogP contribution is 2.32. The average molecular weight is 298 g/mol. The fourth-order valence-electron chi connectivity index (χ4n) is 2.00. The summed E-state index contributed by atoms with van der Waals surface area (Å²) in [4.78, 5) is 6.02. The van der Waals surface area contributed by atoms with E-state index in [1.54, 1.807) is 11.3 Å². The molecule has 2 unspecified atom stereocenters. The molecule has 0 aliphatic heterocycles. The van der Waals surface area contributed by atoms with E-state index in [0.717, 1.165) is 18.7 Å². The molecule has 0 saturated heterocycles. The van der Waals surface area contributed by atoms with Gasteiger partial charge in [0.1, 0.15) is 0 Å². The van der Waals surface area contributed by atoms with Crippen LogP contribution in [0.25, 0.3) is 0 Å². The number of aromatic nitrogens is 1. The lowest BCUT2D eigenvalue weighted by Gasteiger charge is -2.17. The summed E-state index contributed by atoms with van der Waals surface area (Å²) in [5.41, 5.74) is 1.24. The monoisotopic (exact) mass is 298 g/mol. The van der Waals surface area contributed by atoms with Gasteiger partial charge in [-0.05, 0) is 32.7 Å². The molecule has 0 spiro atoms. The van der Waals surface area contributed by atoms with E-state index in [-0.39, 0.29) is 11.5 Å². The maximum Gasteiger partial charge on any atom is 0.0985 e. The number of aryl methyl sites for hydroxylation is 1. The molecule has 4 heteroatoms. The van der Waals surface area contributed by atoms with Crippen molar-refractivity contribution in [1.82, 2.24) is 10.3 Å². The van der Waals surface area contributed by atoms with Crippen molar-refractivity contribution in [3.63, 3.8) is 0 Å². The summed E-state index contributed by atoms with van der Waals surface area (Å²) in [6.45, 7) is 15.8. The van der Waals surface area contributed by atoms with Gasteiger partial charge in [0, 0.05) is 16.3 Å². The van der Waals surface area contributed by atoms with E-state index in [4.69, 9.17) is 4.98 Å². The number of aliphatic hydroxyl groups excluding tert-OH is 1. The first-order chi connectivity index (χ1) is 9.12. The summed E-state index contributed by atoms with van der Waals surface area (Å²) in [6, 6.07) is 0.294. The van der Waals surface area contributed by atoms with Crippen LogP contribution >= 0.6 is 11.3 Å². The normalized spacial score (nSPS) is 15.7. The Morgan fingerprint density at radius 1 is 1.25 bits per heavy atom. The van der Waals surface area contributed by atoms with E-state index in [1.807, 2.05) is 0 Å². The number of hydrogen-bond donors (Lipinski definition) is 2. The number of nitrogens with zero attached hydrogens (tertiary/aromatic N) is 1. The van der Waals surface area contributed by atoms with E-state index >= 15 is 0 Å². The molecule has 2 N–H and O–H groups in total. The predicted octanol–water partition coefficient (Wildman–Crippen LogP) is 3.81. The van der Waals surface area contributed by atoms with E-state index in [1.165, 1.54) is 9.88 Å². The Bertz CT molecular complexity index is 421. The van der Waals surface area contributed by atoms with Gasteiger partial charge in [0.25, 0.3) is 0 Å². The molecule has 0 aromatic carbocycles. The van der Waals surface area contributed by atoms with Crippen molar-refractivity contribution >= 4 is 11.3 Å². The molecule has 0 saturated carbocycles. The van der Waals surface area contributed by atoms with Crippen LogP contribution in [0.2, 0.25) is 0 Å². The van der Waals surface area contributed by atoms with E-state index in [0.29, 0.717) is 12.0 Å². The second-order valence-corrected chi connectivity index (χ2v) is 8.03. The van der Waals surface area contributed by atoms with Gasteiger partial charge in [-0.2, -0.15) is 0 Å². The van der Waals surface area contributed by atoms with Crippen LogP contribution in [-0.4, -0.2) is 22.7 Å². The summed E-state index contributed by atoms with van der Waals surface area (Å²) >= 11 is 1.80. The van der Waals surface area contributed by atoms with Gasteiger partial charge < -0.3 is 10.4 Å². The topological polar surface area (TPSA) is 45.2 Å². The first kappa shape index (κ1) is 17.6. The van der Waals surface area contributed by atoms with E-state index in [9.17, 15) is 5.11 Å². The Morgan fingerprint density at radius 3 is 2.30 bits per heavy atom. The maximum absolute atomic E-state index is 9.83. The van der Waals surface area contributed by atoms with Crippen LogP contribution in [-0.2, 0) is 5.41 Å². The molecule has 0 amide bonds. The number of rotatable bonds is 6. The molecule has 0 aliphatic carbocycles. The third-order valence-corrected chi connectivity index (χ3v) is 5.29. The molecular weight excluding hydrogens is 268 g/mol. The fraction of sp³-hybridized carbons (Fsp3) is 0.812. The van der Waals surface area contributed by atoms with Gasteiger partial charge in [-0.1, -0.05) is 34.6 Å². The number of thiazole rings is 1. The molecular formula is C16H30N2OS. The van der Waals surface area contributed by atoms with Crippen molar-refractivity contribution in [2.45, 2.75) is 72.4 Å². The van der Waals surface area contributed by atoms with Gasteiger partial charge in [0.15, 0.2) is 0 Å². The second-order valence-electron chi connectivity index (χ2n) is 6.99. The first-order valence-electron chi connectivity index (χ1n) is 7.52. The Morgan fingerprint density at radius 2 is 1.85 bits per heavy atom. The van der Waals surface area contributed by atoms with Crippen LogP contribution in [0.4, 0.5) is 0 Å². The lowest BCUT2D eigenvalue weighted by molar-refractivity contribution is 0.115. The zero-order valence-corrected chi connectivity index (χ0v) is 14.8. The quantitative estimate of drug-likeness (QED) is 0.839. The van der Waals surface area contributed by atoms with Gasteiger partial charge in [0.2, 0.25) is 0 Å². The number of aliphatic hydroxyl groups is 1. The SMILES string of the molecule is Cc1nc(C(C)(C)C)sc1C(C)NCCC(O)C(C)C. The van der Waals surface area contributed by atoms with Gasteiger partial charge in [-0.25, -0.2) is 4.98 Å². The van der Waals surface area contributed by atoms with Gasteiger partial charge in [0.05, 0.1) is 16.8 Å². The number of nitrogens with one attached hydrogen (secondary N) is 1. The largest absolute Gasteiger partial charge is 0.393 e. The van der Waals surface area contributed by atoms with Gasteiger partial charge >= 0.3 is 0 Å². The minimum atomic E-state index is -0.220. The highest BCUT2D eigenvalue weighted by atomic mass is 32.1. The molecule has 1 rings (SSSR count). The van der Waals surface area contributed by atoms with Crippen molar-refractivity contribution in [3.05, 3.63) is 15.6 Å². The Hall–Kier alpha value is -0.450.